The number of likely N-dealkylation sites (tertiary alicyclic amines) is 1. The summed E-state index contributed by atoms with van der Waals surface area (Å²) in [6, 6.07) is 11.5. The second kappa shape index (κ2) is 7.55. The SMILES string of the molecule is O=C(CC(c1cccs1)N1Cc2ccccc2C1=O)N1CCC2(CC1)OCCO2. The molecule has 0 saturated carbocycles. The summed E-state index contributed by atoms with van der Waals surface area (Å²) in [4.78, 5) is 31.0. The minimum absolute atomic E-state index is 0.0113. The van der Waals surface area contributed by atoms with Crippen molar-refractivity contribution in [1.29, 1.82) is 0 Å². The van der Waals surface area contributed by atoms with E-state index in [9.17, 15) is 9.59 Å². The molecule has 1 unspecified atom stereocenters. The molecule has 2 fully saturated rings. The Hall–Kier alpha value is -2.22. The van der Waals surface area contributed by atoms with Crippen LogP contribution < -0.4 is 0 Å². The number of rotatable bonds is 4. The van der Waals surface area contributed by atoms with Gasteiger partial charge < -0.3 is 19.3 Å². The summed E-state index contributed by atoms with van der Waals surface area (Å²) in [5.74, 6) is -0.395. The van der Waals surface area contributed by atoms with Crippen molar-refractivity contribution in [2.45, 2.75) is 37.6 Å². The lowest BCUT2D eigenvalue weighted by Gasteiger charge is -2.38. The highest BCUT2D eigenvalue weighted by molar-refractivity contribution is 7.10. The Morgan fingerprint density at radius 1 is 1.10 bits per heavy atom. The fraction of sp³-hybridized carbons (Fsp3) is 0.455. The normalized spacial score (nSPS) is 21.6. The van der Waals surface area contributed by atoms with Gasteiger partial charge in [-0.15, -0.1) is 11.3 Å². The van der Waals surface area contributed by atoms with E-state index in [-0.39, 0.29) is 17.9 Å². The van der Waals surface area contributed by atoms with Crippen LogP contribution in [0, 0.1) is 0 Å². The number of thiophene rings is 1. The molecule has 0 N–H and O–H groups in total. The average molecular weight is 413 g/mol. The molecule has 5 rings (SSSR count). The van der Waals surface area contributed by atoms with Crippen LogP contribution in [-0.4, -0.2) is 53.7 Å². The predicted octanol–water partition coefficient (Wildman–Crippen LogP) is 3.20. The van der Waals surface area contributed by atoms with Crippen molar-refractivity contribution in [1.82, 2.24) is 9.80 Å². The molecule has 6 nitrogen and oxygen atoms in total. The van der Waals surface area contributed by atoms with Crippen LogP contribution >= 0.6 is 11.3 Å². The monoisotopic (exact) mass is 412 g/mol. The molecule has 1 spiro atoms. The van der Waals surface area contributed by atoms with Gasteiger partial charge in [0.25, 0.3) is 5.91 Å². The van der Waals surface area contributed by atoms with Gasteiger partial charge in [-0.05, 0) is 23.1 Å². The van der Waals surface area contributed by atoms with E-state index in [4.69, 9.17) is 9.47 Å². The molecule has 2 saturated heterocycles. The van der Waals surface area contributed by atoms with E-state index >= 15 is 0 Å². The summed E-state index contributed by atoms with van der Waals surface area (Å²) in [5.41, 5.74) is 1.78. The quantitative estimate of drug-likeness (QED) is 0.774. The molecule has 0 aliphatic carbocycles. The number of hydrogen-bond donors (Lipinski definition) is 0. The zero-order chi connectivity index (χ0) is 19.8. The molecular formula is C22H24N2O4S. The standard InChI is InChI=1S/C22H24N2O4S/c25-20(23-9-7-22(8-10-23)27-11-12-28-22)14-18(19-6-3-13-29-19)24-15-16-4-1-2-5-17(16)21(24)26/h1-6,13,18H,7-12,14-15H2. The van der Waals surface area contributed by atoms with E-state index < -0.39 is 5.79 Å². The van der Waals surface area contributed by atoms with Gasteiger partial charge in [0, 0.05) is 42.9 Å². The van der Waals surface area contributed by atoms with Crippen LogP contribution in [0.5, 0.6) is 0 Å². The van der Waals surface area contributed by atoms with Gasteiger partial charge in [0.15, 0.2) is 5.79 Å². The summed E-state index contributed by atoms with van der Waals surface area (Å²) in [6.07, 6.45) is 1.71. The first-order valence-corrected chi connectivity index (χ1v) is 11.0. The van der Waals surface area contributed by atoms with Crippen molar-refractivity contribution < 1.29 is 19.1 Å². The molecule has 0 bridgehead atoms. The van der Waals surface area contributed by atoms with E-state index in [2.05, 4.69) is 0 Å². The van der Waals surface area contributed by atoms with E-state index in [1.165, 1.54) is 0 Å². The van der Waals surface area contributed by atoms with E-state index in [0.717, 1.165) is 16.0 Å². The number of hydrogen-bond acceptors (Lipinski definition) is 5. The van der Waals surface area contributed by atoms with Gasteiger partial charge in [-0.3, -0.25) is 9.59 Å². The number of fused-ring (bicyclic) bond motifs is 1. The summed E-state index contributed by atoms with van der Waals surface area (Å²) in [5, 5.41) is 2.00. The third-order valence-electron chi connectivity index (χ3n) is 6.16. The van der Waals surface area contributed by atoms with E-state index in [1.807, 2.05) is 51.6 Å². The fourth-order valence-corrected chi connectivity index (χ4v) is 5.39. The first kappa shape index (κ1) is 18.8. The van der Waals surface area contributed by atoms with Gasteiger partial charge in [0.05, 0.1) is 25.7 Å². The maximum Gasteiger partial charge on any atom is 0.255 e. The van der Waals surface area contributed by atoms with Crippen LogP contribution in [0.1, 0.15) is 46.1 Å². The highest BCUT2D eigenvalue weighted by atomic mass is 32.1. The van der Waals surface area contributed by atoms with Crippen molar-refractivity contribution in [3.63, 3.8) is 0 Å². The Balaban J connectivity index is 1.31. The van der Waals surface area contributed by atoms with Gasteiger partial charge in [-0.2, -0.15) is 0 Å². The Bertz CT molecular complexity index is 897. The van der Waals surface area contributed by atoms with E-state index in [1.54, 1.807) is 11.3 Å². The van der Waals surface area contributed by atoms with Crippen molar-refractivity contribution >= 4 is 23.2 Å². The minimum atomic E-state index is -0.490. The van der Waals surface area contributed by atoms with Crippen LogP contribution in [-0.2, 0) is 20.8 Å². The number of benzene rings is 1. The second-order valence-corrected chi connectivity index (χ2v) is 8.79. The lowest BCUT2D eigenvalue weighted by Crippen LogP contribution is -2.48. The molecule has 152 valence electrons. The number of amides is 2. The highest BCUT2D eigenvalue weighted by Gasteiger charge is 2.42. The summed E-state index contributed by atoms with van der Waals surface area (Å²) in [7, 11) is 0. The first-order valence-electron chi connectivity index (χ1n) is 10.1. The Kier molecular flexibility index (Phi) is 4.89. The Labute approximate surface area is 174 Å². The molecule has 7 heteroatoms. The number of ether oxygens (including phenoxy) is 2. The largest absolute Gasteiger partial charge is 0.347 e. The molecular weight excluding hydrogens is 388 g/mol. The first-order chi connectivity index (χ1) is 14.2. The van der Waals surface area contributed by atoms with Crippen LogP contribution in [0.25, 0.3) is 0 Å². The number of nitrogens with zero attached hydrogens (tertiary/aromatic N) is 2. The van der Waals surface area contributed by atoms with Gasteiger partial charge in [0.2, 0.25) is 5.91 Å². The zero-order valence-corrected chi connectivity index (χ0v) is 17.0. The maximum absolute atomic E-state index is 13.2. The van der Waals surface area contributed by atoms with Gasteiger partial charge in [-0.1, -0.05) is 24.3 Å². The Morgan fingerprint density at radius 2 is 1.86 bits per heavy atom. The number of carbonyl (C=O) groups is 2. The van der Waals surface area contributed by atoms with Crippen LogP contribution in [0.15, 0.2) is 41.8 Å². The van der Waals surface area contributed by atoms with Gasteiger partial charge in [0.1, 0.15) is 0 Å². The fourth-order valence-electron chi connectivity index (χ4n) is 4.55. The predicted molar refractivity (Wildman–Crippen MR) is 108 cm³/mol. The molecule has 4 heterocycles. The molecule has 2 amide bonds. The van der Waals surface area contributed by atoms with Gasteiger partial charge in [-0.25, -0.2) is 0 Å². The molecule has 29 heavy (non-hydrogen) atoms. The zero-order valence-electron chi connectivity index (χ0n) is 16.2. The smallest absolute Gasteiger partial charge is 0.255 e. The average Bonchev–Trinajstić information content (AvgIpc) is 3.49. The summed E-state index contributed by atoms with van der Waals surface area (Å²) >= 11 is 1.60. The minimum Gasteiger partial charge on any atom is -0.347 e. The number of piperidine rings is 1. The Morgan fingerprint density at radius 3 is 2.55 bits per heavy atom. The number of carbonyl (C=O) groups excluding carboxylic acids is 2. The molecule has 1 aromatic carbocycles. The van der Waals surface area contributed by atoms with Crippen molar-refractivity contribution in [3.8, 4) is 0 Å². The molecule has 0 radical (unpaired) electrons. The second-order valence-electron chi connectivity index (χ2n) is 7.81. The molecule has 3 aliphatic heterocycles. The summed E-state index contributed by atoms with van der Waals surface area (Å²) < 4.78 is 11.5. The lowest BCUT2D eigenvalue weighted by molar-refractivity contribution is -0.187. The lowest BCUT2D eigenvalue weighted by atomic mass is 10.0. The molecule has 3 aliphatic rings. The molecule has 2 aromatic rings. The third kappa shape index (κ3) is 3.47. The topological polar surface area (TPSA) is 59.1 Å². The highest BCUT2D eigenvalue weighted by Crippen LogP contribution is 2.37. The van der Waals surface area contributed by atoms with Crippen molar-refractivity contribution in [3.05, 3.63) is 57.8 Å². The molecule has 1 atom stereocenters. The van der Waals surface area contributed by atoms with Crippen LogP contribution in [0.3, 0.4) is 0 Å². The van der Waals surface area contributed by atoms with Crippen molar-refractivity contribution in [2.75, 3.05) is 26.3 Å². The van der Waals surface area contributed by atoms with Crippen LogP contribution in [0.4, 0.5) is 0 Å². The maximum atomic E-state index is 13.2. The molecule has 1 aromatic heterocycles. The van der Waals surface area contributed by atoms with E-state index in [0.29, 0.717) is 52.1 Å². The van der Waals surface area contributed by atoms with Gasteiger partial charge >= 0.3 is 0 Å². The van der Waals surface area contributed by atoms with Crippen molar-refractivity contribution in [2.24, 2.45) is 0 Å². The van der Waals surface area contributed by atoms with Crippen LogP contribution in [0.2, 0.25) is 0 Å². The third-order valence-corrected chi connectivity index (χ3v) is 7.13. The summed E-state index contributed by atoms with van der Waals surface area (Å²) in [6.45, 7) is 3.07.